The van der Waals surface area contributed by atoms with E-state index in [0.29, 0.717) is 0 Å². The van der Waals surface area contributed by atoms with Gasteiger partial charge in [-0.05, 0) is 127 Å². The number of hydrogen-bond acceptors (Lipinski definition) is 3. The van der Waals surface area contributed by atoms with Gasteiger partial charge in [0.1, 0.15) is 11.5 Å². The molecule has 2 nitrogen and oxygen atoms in total. The molecule has 3 heteroatoms. The highest BCUT2D eigenvalue weighted by molar-refractivity contribution is 7.99. The third-order valence-corrected chi connectivity index (χ3v) is 16.5. The smallest absolute Gasteiger partial charge is 0.132 e. The first-order valence-electron chi connectivity index (χ1n) is 23.8. The zero-order chi connectivity index (χ0) is 45.3. The Labute approximate surface area is 405 Å². The SMILES string of the molecule is c1ccc(-c2ccccc2N(c2ccc3c(c2)C2(c4ccccc4Oc4ccccc42)c2ccccc2-3)c2ccc3c(c2)C2(c4ccccc4Sc4ccccc42)c2ccc4ccccc4c2-3)cc1. The van der Waals surface area contributed by atoms with Gasteiger partial charge >= 0.3 is 0 Å². The van der Waals surface area contributed by atoms with Crippen LogP contribution in [-0.2, 0) is 10.8 Å². The van der Waals surface area contributed by atoms with Crippen molar-refractivity contribution in [2.24, 2.45) is 0 Å². The molecule has 0 amide bonds. The van der Waals surface area contributed by atoms with Gasteiger partial charge in [-0.25, -0.2) is 0 Å². The van der Waals surface area contributed by atoms with E-state index in [9.17, 15) is 0 Å². The lowest BCUT2D eigenvalue weighted by molar-refractivity contribution is 0.436. The summed E-state index contributed by atoms with van der Waals surface area (Å²) in [5.74, 6) is 1.77. The van der Waals surface area contributed by atoms with Gasteiger partial charge in [-0.1, -0.05) is 206 Å². The number of benzene rings is 11. The first-order chi connectivity index (χ1) is 34.2. The summed E-state index contributed by atoms with van der Waals surface area (Å²) in [6, 6.07) is 92.5. The van der Waals surface area contributed by atoms with Crippen LogP contribution in [0, 0.1) is 0 Å². The quantitative estimate of drug-likeness (QED) is 0.175. The van der Waals surface area contributed by atoms with E-state index >= 15 is 0 Å². The summed E-state index contributed by atoms with van der Waals surface area (Å²) in [5, 5.41) is 2.53. The van der Waals surface area contributed by atoms with Crippen LogP contribution in [0.4, 0.5) is 17.1 Å². The molecule has 322 valence electrons. The number of rotatable bonds is 4. The highest BCUT2D eigenvalue weighted by Gasteiger charge is 2.53. The Morgan fingerprint density at radius 3 is 1.55 bits per heavy atom. The van der Waals surface area contributed by atoms with Gasteiger partial charge in [0.25, 0.3) is 0 Å². The Morgan fingerprint density at radius 2 is 0.841 bits per heavy atom. The van der Waals surface area contributed by atoms with E-state index in [1.165, 1.54) is 81.8 Å². The van der Waals surface area contributed by atoms with Crippen molar-refractivity contribution < 1.29 is 4.74 Å². The Kier molecular flexibility index (Phi) is 8.17. The number of anilines is 3. The lowest BCUT2D eigenvalue weighted by Crippen LogP contribution is -2.32. The third-order valence-electron chi connectivity index (χ3n) is 15.4. The number of hydrogen-bond donors (Lipinski definition) is 0. The molecule has 11 aromatic carbocycles. The maximum Gasteiger partial charge on any atom is 0.132 e. The summed E-state index contributed by atoms with van der Waals surface area (Å²) < 4.78 is 6.76. The van der Waals surface area contributed by atoms with E-state index in [4.69, 9.17) is 4.74 Å². The molecule has 4 aliphatic rings. The van der Waals surface area contributed by atoms with Gasteiger partial charge < -0.3 is 9.64 Å². The summed E-state index contributed by atoms with van der Waals surface area (Å²) in [6.45, 7) is 0. The number of ether oxygens (including phenoxy) is 1. The van der Waals surface area contributed by atoms with Crippen LogP contribution in [-0.4, -0.2) is 0 Å². The average molecular weight is 896 g/mol. The molecule has 0 N–H and O–H groups in total. The van der Waals surface area contributed by atoms with E-state index in [1.807, 2.05) is 11.8 Å². The lowest BCUT2D eigenvalue weighted by Gasteiger charge is -2.40. The van der Waals surface area contributed by atoms with Gasteiger partial charge in [-0.3, -0.25) is 0 Å². The van der Waals surface area contributed by atoms with Crippen LogP contribution in [0.15, 0.2) is 259 Å². The fourth-order valence-corrected chi connectivity index (χ4v) is 13.9. The second-order valence-corrected chi connectivity index (χ2v) is 19.7. The predicted octanol–water partition coefficient (Wildman–Crippen LogP) is 17.3. The first kappa shape index (κ1) is 38.7. The van der Waals surface area contributed by atoms with Crippen molar-refractivity contribution in [3.63, 3.8) is 0 Å². The van der Waals surface area contributed by atoms with Crippen molar-refractivity contribution in [3.05, 3.63) is 293 Å². The number of para-hydroxylation sites is 3. The highest BCUT2D eigenvalue weighted by atomic mass is 32.2. The molecule has 0 saturated heterocycles. The Hall–Kier alpha value is -8.37. The second kappa shape index (κ2) is 14.6. The van der Waals surface area contributed by atoms with Crippen molar-refractivity contribution >= 4 is 39.6 Å². The molecule has 0 fully saturated rings. The Balaban J connectivity index is 1.05. The molecule has 0 radical (unpaired) electrons. The molecule has 15 rings (SSSR count). The molecule has 2 aliphatic carbocycles. The van der Waals surface area contributed by atoms with Crippen molar-refractivity contribution in [1.29, 1.82) is 0 Å². The number of fused-ring (bicyclic) bond motifs is 20. The Morgan fingerprint density at radius 1 is 0.333 bits per heavy atom. The maximum absolute atomic E-state index is 6.76. The second-order valence-electron chi connectivity index (χ2n) is 18.6. The van der Waals surface area contributed by atoms with E-state index in [-0.39, 0.29) is 0 Å². The van der Waals surface area contributed by atoms with Gasteiger partial charge in [0.2, 0.25) is 0 Å². The molecule has 11 aromatic rings. The van der Waals surface area contributed by atoms with Crippen molar-refractivity contribution in [3.8, 4) is 44.9 Å². The van der Waals surface area contributed by atoms with Gasteiger partial charge in [0.05, 0.1) is 16.5 Å². The largest absolute Gasteiger partial charge is 0.457 e. The topological polar surface area (TPSA) is 12.5 Å². The van der Waals surface area contributed by atoms with Gasteiger partial charge in [-0.2, -0.15) is 0 Å². The highest BCUT2D eigenvalue weighted by Crippen LogP contribution is 2.65. The molecule has 0 bridgehead atoms. The molecule has 0 saturated carbocycles. The molecule has 2 spiro atoms. The standard InChI is InChI=1S/C66H41NOS/c1-2-18-42(19-3-1)46-21-7-13-29-59(46)67(44-35-37-49-48-23-6-8-24-51(48)65(57(49)40-44)52-25-9-14-30-60(52)68-61-31-15-10-26-53(61)65)45-36-38-50-58(41-45)66(56-39-34-43-20-4-5-22-47(43)64(50)56)54-27-11-16-32-62(54)69-63-33-17-12-28-55(63)66/h1-41H. The van der Waals surface area contributed by atoms with Crippen LogP contribution >= 0.6 is 11.8 Å². The van der Waals surface area contributed by atoms with Crippen LogP contribution in [0.25, 0.3) is 44.2 Å². The average Bonchev–Trinajstić information content (AvgIpc) is 3.87. The van der Waals surface area contributed by atoms with E-state index in [0.717, 1.165) is 45.3 Å². The molecular formula is C66H41NOS. The maximum atomic E-state index is 6.76. The third kappa shape index (κ3) is 5.17. The van der Waals surface area contributed by atoms with E-state index < -0.39 is 10.8 Å². The van der Waals surface area contributed by atoms with Crippen molar-refractivity contribution in [2.75, 3.05) is 4.90 Å². The first-order valence-corrected chi connectivity index (χ1v) is 24.6. The van der Waals surface area contributed by atoms with Gasteiger partial charge in [0, 0.05) is 37.9 Å². The van der Waals surface area contributed by atoms with Crippen LogP contribution in [0.5, 0.6) is 11.5 Å². The van der Waals surface area contributed by atoms with Gasteiger partial charge in [-0.15, -0.1) is 0 Å². The molecule has 2 heterocycles. The van der Waals surface area contributed by atoms with Crippen LogP contribution in [0.1, 0.15) is 44.5 Å². The molecular weight excluding hydrogens is 855 g/mol. The van der Waals surface area contributed by atoms with Crippen molar-refractivity contribution in [2.45, 2.75) is 20.6 Å². The summed E-state index contributed by atoms with van der Waals surface area (Å²) in [7, 11) is 0. The fraction of sp³-hybridized carbons (Fsp3) is 0.0303. The fourth-order valence-electron chi connectivity index (χ4n) is 12.7. The molecule has 2 aliphatic heterocycles. The van der Waals surface area contributed by atoms with E-state index in [1.54, 1.807) is 0 Å². The van der Waals surface area contributed by atoms with Crippen LogP contribution in [0.3, 0.4) is 0 Å². The monoisotopic (exact) mass is 895 g/mol. The zero-order valence-corrected chi connectivity index (χ0v) is 38.3. The van der Waals surface area contributed by atoms with Gasteiger partial charge in [0.15, 0.2) is 0 Å². The minimum Gasteiger partial charge on any atom is -0.457 e. The summed E-state index contributed by atoms with van der Waals surface area (Å²) in [4.78, 5) is 5.11. The van der Waals surface area contributed by atoms with Crippen LogP contribution in [0.2, 0.25) is 0 Å². The lowest BCUT2D eigenvalue weighted by atomic mass is 9.66. The van der Waals surface area contributed by atoms with E-state index in [2.05, 4.69) is 254 Å². The predicted molar refractivity (Wildman–Crippen MR) is 283 cm³/mol. The molecule has 69 heavy (non-hydrogen) atoms. The summed E-state index contributed by atoms with van der Waals surface area (Å²) >= 11 is 1.89. The summed E-state index contributed by atoms with van der Waals surface area (Å²) in [6.07, 6.45) is 0. The van der Waals surface area contributed by atoms with Crippen LogP contribution < -0.4 is 9.64 Å². The minimum absolute atomic E-state index is 0.563. The minimum atomic E-state index is -0.615. The normalized spacial score (nSPS) is 14.4. The number of nitrogens with zero attached hydrogens (tertiary/aromatic N) is 1. The zero-order valence-electron chi connectivity index (χ0n) is 37.4. The molecule has 0 atom stereocenters. The Bertz CT molecular complexity index is 3850. The molecule has 0 aromatic heterocycles. The summed E-state index contributed by atoms with van der Waals surface area (Å²) in [5.41, 5.74) is 19.6. The molecule has 0 unspecified atom stereocenters. The van der Waals surface area contributed by atoms with Crippen molar-refractivity contribution in [1.82, 2.24) is 0 Å².